The maximum Gasteiger partial charge on any atom is 0.0708 e. The van der Waals surface area contributed by atoms with Crippen molar-refractivity contribution in [3.8, 4) is 55.8 Å². The minimum atomic E-state index is 0.980. The second-order valence-electron chi connectivity index (χ2n) is 14.0. The van der Waals surface area contributed by atoms with Crippen molar-refractivity contribution in [2.45, 2.75) is 6.92 Å². The first-order valence-electron chi connectivity index (χ1n) is 18.3. The molecule has 1 heteroatoms. The molecule has 0 unspecified atom stereocenters. The fourth-order valence-electron chi connectivity index (χ4n) is 8.27. The third-order valence-corrected chi connectivity index (χ3v) is 10.8. The molecule has 10 aromatic rings. The summed E-state index contributed by atoms with van der Waals surface area (Å²) in [4.78, 5) is 4.98. The molecule has 10 rings (SSSR count). The van der Waals surface area contributed by atoms with Crippen LogP contribution in [0.5, 0.6) is 0 Å². The molecular formula is C52H35N. The molecule has 0 spiro atoms. The number of benzene rings is 9. The quantitative estimate of drug-likeness (QED) is 0.166. The van der Waals surface area contributed by atoms with Gasteiger partial charge < -0.3 is 0 Å². The Kier molecular flexibility index (Phi) is 7.44. The number of aryl methyl sites for hydroxylation is 1. The molecule has 0 fully saturated rings. The first kappa shape index (κ1) is 30.9. The Morgan fingerprint density at radius 3 is 1.53 bits per heavy atom. The maximum absolute atomic E-state index is 4.98. The Balaban J connectivity index is 1.13. The van der Waals surface area contributed by atoms with Gasteiger partial charge in [-0.25, -0.2) is 0 Å². The van der Waals surface area contributed by atoms with E-state index in [0.717, 1.165) is 22.4 Å². The van der Waals surface area contributed by atoms with E-state index in [1.165, 1.54) is 82.0 Å². The Morgan fingerprint density at radius 1 is 0.321 bits per heavy atom. The summed E-state index contributed by atoms with van der Waals surface area (Å²) in [6.45, 7) is 2.14. The number of pyridine rings is 1. The van der Waals surface area contributed by atoms with Gasteiger partial charge in [0.1, 0.15) is 0 Å². The Labute approximate surface area is 309 Å². The van der Waals surface area contributed by atoms with Gasteiger partial charge in [0.15, 0.2) is 0 Å². The lowest BCUT2D eigenvalue weighted by atomic mass is 9.84. The van der Waals surface area contributed by atoms with Crippen LogP contribution in [0.25, 0.3) is 98.9 Å². The van der Waals surface area contributed by atoms with Crippen LogP contribution in [0.3, 0.4) is 0 Å². The molecule has 9 aromatic carbocycles. The van der Waals surface area contributed by atoms with Gasteiger partial charge in [0.05, 0.1) is 5.69 Å². The van der Waals surface area contributed by atoms with Crippen molar-refractivity contribution in [2.75, 3.05) is 0 Å². The zero-order valence-electron chi connectivity index (χ0n) is 29.4. The molecule has 0 aliphatic carbocycles. The predicted octanol–water partition coefficient (Wildman–Crippen LogP) is 14.3. The van der Waals surface area contributed by atoms with E-state index in [4.69, 9.17) is 4.98 Å². The van der Waals surface area contributed by atoms with Crippen molar-refractivity contribution >= 4 is 43.1 Å². The molecular weight excluding hydrogens is 639 g/mol. The van der Waals surface area contributed by atoms with Gasteiger partial charge in [-0.05, 0) is 101 Å². The normalized spacial score (nSPS) is 11.5. The van der Waals surface area contributed by atoms with Gasteiger partial charge in [-0.15, -0.1) is 0 Å². The van der Waals surface area contributed by atoms with E-state index < -0.39 is 0 Å². The maximum atomic E-state index is 4.98. The number of hydrogen-bond acceptors (Lipinski definition) is 1. The molecule has 0 aliphatic heterocycles. The van der Waals surface area contributed by atoms with E-state index in [9.17, 15) is 0 Å². The smallest absolute Gasteiger partial charge is 0.0708 e. The SMILES string of the molecule is Cc1ccc(-c2cccc3c(-c4c5ccccc5c(-c5cccc(-c6ccc(-c7cccc8ccccc78)nc6)c5)c5ccccc45)cccc23)cc1. The Hall–Kier alpha value is -6.83. The average Bonchev–Trinajstić information content (AvgIpc) is 3.22. The van der Waals surface area contributed by atoms with Gasteiger partial charge in [-0.2, -0.15) is 0 Å². The van der Waals surface area contributed by atoms with Gasteiger partial charge in [0.25, 0.3) is 0 Å². The second kappa shape index (κ2) is 12.7. The molecule has 0 saturated carbocycles. The number of rotatable bonds is 5. The highest BCUT2D eigenvalue weighted by Crippen LogP contribution is 2.46. The molecule has 0 amide bonds. The summed E-state index contributed by atoms with van der Waals surface area (Å²) >= 11 is 0. The lowest BCUT2D eigenvalue weighted by Crippen LogP contribution is -1.92. The summed E-state index contributed by atoms with van der Waals surface area (Å²) in [5.41, 5.74) is 13.1. The zero-order valence-corrected chi connectivity index (χ0v) is 29.4. The first-order valence-corrected chi connectivity index (χ1v) is 18.3. The van der Waals surface area contributed by atoms with Crippen molar-refractivity contribution in [3.63, 3.8) is 0 Å². The van der Waals surface area contributed by atoms with Crippen LogP contribution in [0.2, 0.25) is 0 Å². The van der Waals surface area contributed by atoms with Gasteiger partial charge in [-0.1, -0.05) is 181 Å². The minimum Gasteiger partial charge on any atom is -0.256 e. The van der Waals surface area contributed by atoms with Crippen LogP contribution in [0, 0.1) is 6.92 Å². The summed E-state index contributed by atoms with van der Waals surface area (Å²) in [6, 6.07) is 68.5. The summed E-state index contributed by atoms with van der Waals surface area (Å²) in [5.74, 6) is 0. The number of nitrogens with zero attached hydrogens (tertiary/aromatic N) is 1. The van der Waals surface area contributed by atoms with E-state index in [2.05, 4.69) is 195 Å². The molecule has 0 saturated heterocycles. The summed E-state index contributed by atoms with van der Waals surface area (Å²) < 4.78 is 0. The van der Waals surface area contributed by atoms with E-state index in [0.29, 0.717) is 0 Å². The molecule has 248 valence electrons. The van der Waals surface area contributed by atoms with Crippen LogP contribution in [0.15, 0.2) is 194 Å². The lowest BCUT2D eigenvalue weighted by Gasteiger charge is -2.19. The van der Waals surface area contributed by atoms with Gasteiger partial charge in [-0.3, -0.25) is 4.98 Å². The molecule has 0 bridgehead atoms. The topological polar surface area (TPSA) is 12.9 Å². The van der Waals surface area contributed by atoms with E-state index in [1.807, 2.05) is 6.20 Å². The molecule has 0 atom stereocenters. The fraction of sp³-hybridized carbons (Fsp3) is 0.0192. The van der Waals surface area contributed by atoms with Crippen LogP contribution in [0.1, 0.15) is 5.56 Å². The molecule has 53 heavy (non-hydrogen) atoms. The highest BCUT2D eigenvalue weighted by atomic mass is 14.7. The van der Waals surface area contributed by atoms with E-state index in [1.54, 1.807) is 0 Å². The van der Waals surface area contributed by atoms with Crippen molar-refractivity contribution in [1.82, 2.24) is 4.98 Å². The lowest BCUT2D eigenvalue weighted by molar-refractivity contribution is 1.33. The summed E-state index contributed by atoms with van der Waals surface area (Å²) in [7, 11) is 0. The van der Waals surface area contributed by atoms with Gasteiger partial charge in [0.2, 0.25) is 0 Å². The number of fused-ring (bicyclic) bond motifs is 4. The standard InChI is InChI=1S/C52H35N/c1-34-26-28-36(29-27-34)40-21-10-23-43-42(40)22-11-25-45(43)52-48-19-6-4-17-46(48)51(47-18-5-7-20-49(47)52)38-15-8-14-37(32-38)39-30-31-50(53-33-39)44-24-9-13-35-12-2-3-16-41(35)44/h2-33H,1H3. The van der Waals surface area contributed by atoms with Crippen molar-refractivity contribution < 1.29 is 0 Å². The average molecular weight is 674 g/mol. The van der Waals surface area contributed by atoms with Crippen LogP contribution in [-0.2, 0) is 0 Å². The summed E-state index contributed by atoms with van der Waals surface area (Å²) in [6.07, 6.45) is 2.01. The second-order valence-corrected chi connectivity index (χ2v) is 14.0. The molecule has 1 heterocycles. The number of aromatic nitrogens is 1. The summed E-state index contributed by atoms with van der Waals surface area (Å²) in [5, 5.41) is 9.95. The van der Waals surface area contributed by atoms with E-state index in [-0.39, 0.29) is 0 Å². The van der Waals surface area contributed by atoms with Gasteiger partial charge in [0, 0.05) is 17.3 Å². The van der Waals surface area contributed by atoms with Crippen molar-refractivity contribution in [3.05, 3.63) is 200 Å². The first-order chi connectivity index (χ1) is 26.2. The third-order valence-electron chi connectivity index (χ3n) is 10.8. The third kappa shape index (κ3) is 5.29. The van der Waals surface area contributed by atoms with Crippen LogP contribution >= 0.6 is 0 Å². The van der Waals surface area contributed by atoms with Crippen LogP contribution in [-0.4, -0.2) is 4.98 Å². The molecule has 1 nitrogen and oxygen atoms in total. The largest absolute Gasteiger partial charge is 0.256 e. The van der Waals surface area contributed by atoms with Crippen LogP contribution < -0.4 is 0 Å². The number of hydrogen-bond donors (Lipinski definition) is 0. The Bertz CT molecular complexity index is 2930. The Morgan fingerprint density at radius 2 is 0.830 bits per heavy atom. The minimum absolute atomic E-state index is 0.980. The molecule has 0 N–H and O–H groups in total. The van der Waals surface area contributed by atoms with Crippen LogP contribution in [0.4, 0.5) is 0 Å². The van der Waals surface area contributed by atoms with Crippen molar-refractivity contribution in [2.24, 2.45) is 0 Å². The van der Waals surface area contributed by atoms with Crippen molar-refractivity contribution in [1.29, 1.82) is 0 Å². The monoisotopic (exact) mass is 673 g/mol. The predicted molar refractivity (Wildman–Crippen MR) is 226 cm³/mol. The fourth-order valence-corrected chi connectivity index (χ4v) is 8.27. The zero-order chi connectivity index (χ0) is 35.3. The molecule has 1 aromatic heterocycles. The molecule has 0 aliphatic rings. The highest BCUT2D eigenvalue weighted by Gasteiger charge is 2.19. The highest BCUT2D eigenvalue weighted by molar-refractivity contribution is 6.24. The van der Waals surface area contributed by atoms with Gasteiger partial charge >= 0.3 is 0 Å². The molecule has 0 radical (unpaired) electrons. The van der Waals surface area contributed by atoms with E-state index >= 15 is 0 Å².